The van der Waals surface area contributed by atoms with E-state index in [2.05, 4.69) is 11.4 Å². The summed E-state index contributed by atoms with van der Waals surface area (Å²) in [5, 5.41) is 3.58. The largest absolute Gasteiger partial charge is 0.329 e. The van der Waals surface area contributed by atoms with Crippen LogP contribution in [0.2, 0.25) is 0 Å². The number of hydrogen-bond donors (Lipinski definition) is 1. The topological polar surface area (TPSA) is 71.4 Å². The van der Waals surface area contributed by atoms with Gasteiger partial charge in [-0.15, -0.1) is 0 Å². The maximum atomic E-state index is 12.5. The molecule has 5 rings (SSSR count). The number of nitrogens with zero attached hydrogens (tertiary/aromatic N) is 2. The first-order valence-corrected chi connectivity index (χ1v) is 10.9. The summed E-state index contributed by atoms with van der Waals surface area (Å²) in [6.07, 6.45) is 3.46. The van der Waals surface area contributed by atoms with E-state index >= 15 is 0 Å². The van der Waals surface area contributed by atoms with E-state index in [1.54, 1.807) is 11.0 Å². The monoisotopic (exact) mass is 415 g/mol. The Morgan fingerprint density at radius 3 is 2.48 bits per heavy atom. The third-order valence-corrected chi connectivity index (χ3v) is 6.35. The van der Waals surface area contributed by atoms with Crippen molar-refractivity contribution < 1.29 is 9.59 Å². The van der Waals surface area contributed by atoms with Gasteiger partial charge >= 0.3 is 6.03 Å². The number of aryl methyl sites for hydroxylation is 2. The van der Waals surface area contributed by atoms with Gasteiger partial charge in [0.1, 0.15) is 6.04 Å². The summed E-state index contributed by atoms with van der Waals surface area (Å²) < 4.78 is 1.81. The molecule has 2 fully saturated rings. The van der Waals surface area contributed by atoms with Crippen molar-refractivity contribution in [3.63, 3.8) is 0 Å². The Balaban J connectivity index is 1.45. The molecule has 0 bridgehead atoms. The highest BCUT2D eigenvalue weighted by Crippen LogP contribution is 2.42. The average molecular weight is 415 g/mol. The zero-order chi connectivity index (χ0) is 21.5. The molecule has 2 aromatic carbocycles. The highest BCUT2D eigenvalue weighted by atomic mass is 16.2. The van der Waals surface area contributed by atoms with Gasteiger partial charge in [-0.3, -0.25) is 19.8 Å². The Kier molecular flexibility index (Phi) is 4.85. The molecule has 1 atom stereocenters. The predicted molar refractivity (Wildman–Crippen MR) is 120 cm³/mol. The standard InChI is InChI=1S/C25H25N3O3/c1-2-27-21-12-8-16(14-20(21)19(15-23(27)29)17-10-11-17)9-13-22-24(30)26-25(31)28(22)18-6-4-3-5-7-18/h3-8,12,14-15,17,22H,2,9-11,13H2,1H3,(H,26,30,31). The number of para-hydroxylation sites is 1. The molecule has 0 spiro atoms. The lowest BCUT2D eigenvalue weighted by Crippen LogP contribution is -2.35. The van der Waals surface area contributed by atoms with Gasteiger partial charge in [0.2, 0.25) is 0 Å². The van der Waals surface area contributed by atoms with Crippen molar-refractivity contribution in [1.29, 1.82) is 0 Å². The zero-order valence-corrected chi connectivity index (χ0v) is 17.5. The first-order chi connectivity index (χ1) is 15.1. The van der Waals surface area contributed by atoms with Crippen LogP contribution in [0.25, 0.3) is 10.9 Å². The second-order valence-electron chi connectivity index (χ2n) is 8.36. The van der Waals surface area contributed by atoms with Gasteiger partial charge in [-0.25, -0.2) is 4.79 Å². The predicted octanol–water partition coefficient (Wildman–Crippen LogP) is 3.96. The van der Waals surface area contributed by atoms with Gasteiger partial charge in [-0.05, 0) is 73.9 Å². The first kappa shape index (κ1) is 19.5. The quantitative estimate of drug-likeness (QED) is 0.620. The van der Waals surface area contributed by atoms with E-state index in [9.17, 15) is 14.4 Å². The fourth-order valence-corrected chi connectivity index (χ4v) is 4.63. The molecule has 1 N–H and O–H groups in total. The van der Waals surface area contributed by atoms with Gasteiger partial charge in [-0.1, -0.05) is 24.3 Å². The van der Waals surface area contributed by atoms with Crippen LogP contribution in [0.1, 0.15) is 43.2 Å². The fraction of sp³-hybridized carbons (Fsp3) is 0.320. The van der Waals surface area contributed by atoms with Crippen molar-refractivity contribution in [2.45, 2.75) is 51.1 Å². The molecule has 2 aliphatic rings. The summed E-state index contributed by atoms with van der Waals surface area (Å²) in [7, 11) is 0. The number of urea groups is 1. The minimum absolute atomic E-state index is 0.0595. The number of nitrogens with one attached hydrogen (secondary N) is 1. The number of amides is 3. The fourth-order valence-electron chi connectivity index (χ4n) is 4.63. The Hall–Kier alpha value is -3.41. The Bertz CT molecular complexity index is 1230. The number of fused-ring (bicyclic) bond motifs is 1. The summed E-state index contributed by atoms with van der Waals surface area (Å²) in [5.41, 5.74) is 4.00. The van der Waals surface area contributed by atoms with Crippen molar-refractivity contribution in [2.24, 2.45) is 0 Å². The third kappa shape index (κ3) is 3.52. The minimum Gasteiger partial charge on any atom is -0.309 e. The summed E-state index contributed by atoms with van der Waals surface area (Å²) in [6, 6.07) is 16.4. The maximum Gasteiger partial charge on any atom is 0.329 e. The molecule has 1 saturated carbocycles. The number of anilines is 1. The van der Waals surface area contributed by atoms with Gasteiger partial charge in [0.15, 0.2) is 0 Å². The first-order valence-electron chi connectivity index (χ1n) is 10.9. The average Bonchev–Trinajstić information content (AvgIpc) is 3.57. The SMILES string of the molecule is CCn1c(=O)cc(C2CC2)c2cc(CCC3C(=O)NC(=O)N3c3ccccc3)ccc21. The van der Waals surface area contributed by atoms with Crippen LogP contribution in [0.4, 0.5) is 10.5 Å². The molecule has 6 nitrogen and oxygen atoms in total. The van der Waals surface area contributed by atoms with Gasteiger partial charge < -0.3 is 4.57 Å². The molecule has 31 heavy (non-hydrogen) atoms. The van der Waals surface area contributed by atoms with E-state index in [0.717, 1.165) is 40.6 Å². The molecule has 0 radical (unpaired) electrons. The second-order valence-corrected chi connectivity index (χ2v) is 8.36. The number of hydrogen-bond acceptors (Lipinski definition) is 3. The van der Waals surface area contributed by atoms with E-state index < -0.39 is 6.04 Å². The van der Waals surface area contributed by atoms with E-state index in [4.69, 9.17) is 0 Å². The number of aromatic nitrogens is 1. The number of rotatable bonds is 6. The second kappa shape index (κ2) is 7.69. The number of pyridine rings is 1. The Morgan fingerprint density at radius 2 is 1.77 bits per heavy atom. The van der Waals surface area contributed by atoms with Crippen LogP contribution in [0, 0.1) is 0 Å². The van der Waals surface area contributed by atoms with Crippen molar-refractivity contribution in [3.05, 3.63) is 76.1 Å². The molecular weight excluding hydrogens is 390 g/mol. The van der Waals surface area contributed by atoms with Crippen LogP contribution in [0.15, 0.2) is 59.4 Å². The van der Waals surface area contributed by atoms with E-state index in [-0.39, 0.29) is 17.5 Å². The molecule has 3 amide bonds. The maximum absolute atomic E-state index is 12.5. The number of carbonyl (C=O) groups excluding carboxylic acids is 2. The van der Waals surface area contributed by atoms with Crippen LogP contribution in [0.5, 0.6) is 0 Å². The van der Waals surface area contributed by atoms with Crippen molar-refractivity contribution in [1.82, 2.24) is 9.88 Å². The highest BCUT2D eigenvalue weighted by molar-refractivity contribution is 6.14. The summed E-state index contributed by atoms with van der Waals surface area (Å²) >= 11 is 0. The third-order valence-electron chi connectivity index (χ3n) is 6.35. The molecule has 1 aliphatic carbocycles. The van der Waals surface area contributed by atoms with Crippen molar-refractivity contribution in [2.75, 3.05) is 4.90 Å². The zero-order valence-electron chi connectivity index (χ0n) is 17.5. The van der Waals surface area contributed by atoms with Crippen LogP contribution in [-0.4, -0.2) is 22.5 Å². The van der Waals surface area contributed by atoms with Gasteiger partial charge in [0, 0.05) is 23.7 Å². The number of carbonyl (C=O) groups is 2. The Morgan fingerprint density at radius 1 is 1.00 bits per heavy atom. The lowest BCUT2D eigenvalue weighted by atomic mass is 9.98. The lowest BCUT2D eigenvalue weighted by Gasteiger charge is -2.22. The van der Waals surface area contributed by atoms with Gasteiger partial charge in [-0.2, -0.15) is 0 Å². The summed E-state index contributed by atoms with van der Waals surface area (Å²) in [5.74, 6) is 0.219. The van der Waals surface area contributed by atoms with Crippen molar-refractivity contribution in [3.8, 4) is 0 Å². The molecule has 6 heteroatoms. The smallest absolute Gasteiger partial charge is 0.309 e. The van der Waals surface area contributed by atoms with Crippen LogP contribution in [-0.2, 0) is 17.8 Å². The Labute approximate surface area is 180 Å². The molecule has 1 saturated heterocycles. The lowest BCUT2D eigenvalue weighted by molar-refractivity contribution is -0.119. The number of imide groups is 1. The molecule has 1 aliphatic heterocycles. The van der Waals surface area contributed by atoms with E-state index in [1.807, 2.05) is 54.0 Å². The molecule has 1 aromatic heterocycles. The molecule has 3 aromatic rings. The summed E-state index contributed by atoms with van der Waals surface area (Å²) in [4.78, 5) is 38.9. The van der Waals surface area contributed by atoms with Crippen LogP contribution in [0.3, 0.4) is 0 Å². The molecule has 1 unspecified atom stereocenters. The van der Waals surface area contributed by atoms with E-state index in [0.29, 0.717) is 25.3 Å². The molecular formula is C25H25N3O3. The van der Waals surface area contributed by atoms with E-state index in [1.165, 1.54) is 0 Å². The number of benzene rings is 2. The molecule has 158 valence electrons. The normalized spacial score (nSPS) is 18.6. The van der Waals surface area contributed by atoms with Gasteiger partial charge in [0.25, 0.3) is 11.5 Å². The summed E-state index contributed by atoms with van der Waals surface area (Å²) in [6.45, 7) is 2.62. The van der Waals surface area contributed by atoms with Crippen LogP contribution >= 0.6 is 0 Å². The molecule has 2 heterocycles. The van der Waals surface area contributed by atoms with Crippen LogP contribution < -0.4 is 15.8 Å². The van der Waals surface area contributed by atoms with Crippen molar-refractivity contribution >= 4 is 28.5 Å². The van der Waals surface area contributed by atoms with Gasteiger partial charge in [0.05, 0.1) is 5.52 Å². The minimum atomic E-state index is -0.530. The highest BCUT2D eigenvalue weighted by Gasteiger charge is 2.38.